The molecule has 0 fully saturated rings. The Kier molecular flexibility index (Phi) is 9.12. The van der Waals surface area contributed by atoms with Gasteiger partial charge in [-0.3, -0.25) is 4.79 Å². The maximum atomic E-state index is 12.6. The summed E-state index contributed by atoms with van der Waals surface area (Å²) < 4.78 is 13.7. The minimum Gasteiger partial charge on any atom is -0.494 e. The highest BCUT2D eigenvalue weighted by Crippen LogP contribution is 2.36. The number of ether oxygens (including phenoxy) is 2. The lowest BCUT2D eigenvalue weighted by atomic mass is 10.1. The van der Waals surface area contributed by atoms with Crippen LogP contribution in [0.15, 0.2) is 79.7 Å². The van der Waals surface area contributed by atoms with Gasteiger partial charge in [-0.2, -0.15) is 5.26 Å². The first-order chi connectivity index (χ1) is 15.9. The summed E-state index contributed by atoms with van der Waals surface area (Å²) in [5.74, 6) is 0.848. The van der Waals surface area contributed by atoms with Crippen LogP contribution < -0.4 is 14.8 Å². The molecule has 0 aliphatic carbocycles. The molecule has 8 heteroatoms. The molecule has 0 aliphatic heterocycles. The molecule has 1 N–H and O–H groups in total. The molecular weight excluding hydrogens is 616 g/mol. The van der Waals surface area contributed by atoms with Crippen LogP contribution >= 0.6 is 47.8 Å². The van der Waals surface area contributed by atoms with Crippen molar-refractivity contribution in [2.24, 2.45) is 0 Å². The Labute approximate surface area is 217 Å². The fourth-order valence-electron chi connectivity index (χ4n) is 2.85. The SMILES string of the molecule is CCOc1ccc(NC(=O)/C(C#N)=C\c2cc(Br)c(OCc3ccc(Br)cc3)c(Br)c2)cc1. The Bertz CT molecular complexity index is 1180. The van der Waals surface area contributed by atoms with Gasteiger partial charge in [0.15, 0.2) is 0 Å². The first-order valence-corrected chi connectivity index (χ1v) is 12.3. The second-order valence-electron chi connectivity index (χ2n) is 6.81. The van der Waals surface area contributed by atoms with E-state index in [-0.39, 0.29) is 5.57 Å². The maximum Gasteiger partial charge on any atom is 0.266 e. The maximum absolute atomic E-state index is 12.6. The predicted octanol–water partition coefficient (Wildman–Crippen LogP) is 7.50. The van der Waals surface area contributed by atoms with Gasteiger partial charge in [0.2, 0.25) is 0 Å². The number of carbonyl (C=O) groups excluding carboxylic acids is 1. The van der Waals surface area contributed by atoms with Gasteiger partial charge in [0, 0.05) is 10.2 Å². The monoisotopic (exact) mass is 632 g/mol. The van der Waals surface area contributed by atoms with Gasteiger partial charge in [-0.1, -0.05) is 28.1 Å². The third kappa shape index (κ3) is 7.19. The molecule has 0 saturated heterocycles. The number of nitriles is 1. The molecule has 0 atom stereocenters. The van der Waals surface area contributed by atoms with Crippen molar-refractivity contribution < 1.29 is 14.3 Å². The predicted molar refractivity (Wildman–Crippen MR) is 140 cm³/mol. The Morgan fingerprint density at radius 1 is 1.00 bits per heavy atom. The molecule has 0 aromatic heterocycles. The minimum atomic E-state index is -0.496. The quantitative estimate of drug-likeness (QED) is 0.206. The van der Waals surface area contributed by atoms with Crippen molar-refractivity contribution in [1.82, 2.24) is 0 Å². The number of benzene rings is 3. The Morgan fingerprint density at radius 3 is 2.21 bits per heavy atom. The van der Waals surface area contributed by atoms with Crippen LogP contribution in [0.1, 0.15) is 18.1 Å². The highest BCUT2D eigenvalue weighted by Gasteiger charge is 2.13. The van der Waals surface area contributed by atoms with E-state index in [4.69, 9.17) is 9.47 Å². The standard InChI is InChI=1S/C25H19Br3N2O3/c1-2-32-21-9-7-20(8-10-21)30-25(31)18(14-29)11-17-12-22(27)24(23(28)13-17)33-15-16-3-5-19(26)6-4-16/h3-13H,2,15H2,1H3,(H,30,31)/b18-11-. The molecule has 0 heterocycles. The number of hydrogen-bond acceptors (Lipinski definition) is 4. The van der Waals surface area contributed by atoms with Crippen molar-refractivity contribution in [2.75, 3.05) is 11.9 Å². The zero-order chi connectivity index (χ0) is 23.8. The van der Waals surface area contributed by atoms with Crippen LogP contribution in [0.2, 0.25) is 0 Å². The lowest BCUT2D eigenvalue weighted by Crippen LogP contribution is -2.13. The summed E-state index contributed by atoms with van der Waals surface area (Å²) in [5.41, 5.74) is 2.25. The molecule has 33 heavy (non-hydrogen) atoms. The lowest BCUT2D eigenvalue weighted by Gasteiger charge is -2.12. The summed E-state index contributed by atoms with van der Waals surface area (Å²) in [6, 6.07) is 20.4. The molecule has 0 saturated carbocycles. The van der Waals surface area contributed by atoms with Crippen molar-refractivity contribution in [1.29, 1.82) is 5.26 Å². The van der Waals surface area contributed by atoms with E-state index >= 15 is 0 Å². The second kappa shape index (κ2) is 12.0. The van der Waals surface area contributed by atoms with E-state index in [1.807, 2.05) is 37.3 Å². The molecule has 3 rings (SSSR count). The molecule has 0 radical (unpaired) electrons. The van der Waals surface area contributed by atoms with Crippen molar-refractivity contribution in [3.63, 3.8) is 0 Å². The number of carbonyl (C=O) groups is 1. The fourth-order valence-corrected chi connectivity index (χ4v) is 4.57. The second-order valence-corrected chi connectivity index (χ2v) is 9.43. The number of anilines is 1. The zero-order valence-electron chi connectivity index (χ0n) is 17.6. The van der Waals surface area contributed by atoms with E-state index in [9.17, 15) is 10.1 Å². The number of amides is 1. The summed E-state index contributed by atoms with van der Waals surface area (Å²) in [5, 5.41) is 12.3. The molecule has 168 valence electrons. The molecular formula is C25H19Br3N2O3. The normalized spacial score (nSPS) is 10.9. The molecule has 3 aromatic carbocycles. The average molecular weight is 635 g/mol. The number of rotatable bonds is 8. The molecule has 0 aliphatic rings. The average Bonchev–Trinajstić information content (AvgIpc) is 2.79. The number of hydrogen-bond donors (Lipinski definition) is 1. The van der Waals surface area contributed by atoms with Crippen LogP contribution in [0, 0.1) is 11.3 Å². The largest absolute Gasteiger partial charge is 0.494 e. The van der Waals surface area contributed by atoms with Crippen molar-refractivity contribution >= 4 is 65.5 Å². The first-order valence-electron chi connectivity index (χ1n) is 9.92. The number of nitrogens with one attached hydrogen (secondary N) is 1. The van der Waals surface area contributed by atoms with Crippen molar-refractivity contribution in [3.8, 4) is 17.6 Å². The van der Waals surface area contributed by atoms with Crippen molar-refractivity contribution in [2.45, 2.75) is 13.5 Å². The molecule has 0 unspecified atom stereocenters. The Hall–Kier alpha value is -2.60. The van der Waals surface area contributed by atoms with Gasteiger partial charge in [-0.25, -0.2) is 0 Å². The first kappa shape index (κ1) is 25.0. The van der Waals surface area contributed by atoms with E-state index in [2.05, 4.69) is 53.1 Å². The van der Waals surface area contributed by atoms with Crippen LogP contribution in [0.4, 0.5) is 5.69 Å². The van der Waals surface area contributed by atoms with Gasteiger partial charge in [0.25, 0.3) is 5.91 Å². The molecule has 1 amide bonds. The van der Waals surface area contributed by atoms with Crippen LogP contribution in [0.5, 0.6) is 11.5 Å². The summed E-state index contributed by atoms with van der Waals surface area (Å²) >= 11 is 10.5. The van der Waals surface area contributed by atoms with Gasteiger partial charge in [0.1, 0.15) is 29.7 Å². The fraction of sp³-hybridized carbons (Fsp3) is 0.120. The van der Waals surface area contributed by atoms with Gasteiger partial charge in [0.05, 0.1) is 15.6 Å². The highest BCUT2D eigenvalue weighted by atomic mass is 79.9. The third-order valence-corrected chi connectivity index (χ3v) is 6.12. The minimum absolute atomic E-state index is 0.0220. The van der Waals surface area contributed by atoms with E-state index in [0.29, 0.717) is 44.9 Å². The van der Waals surface area contributed by atoms with E-state index in [1.165, 1.54) is 6.08 Å². The van der Waals surface area contributed by atoms with E-state index in [0.717, 1.165) is 10.0 Å². The van der Waals surface area contributed by atoms with Crippen LogP contribution in [0.25, 0.3) is 6.08 Å². The van der Waals surface area contributed by atoms with Gasteiger partial charge in [-0.05, 0) is 105 Å². The number of halogens is 3. The van der Waals surface area contributed by atoms with Crippen LogP contribution in [-0.4, -0.2) is 12.5 Å². The van der Waals surface area contributed by atoms with Crippen molar-refractivity contribution in [3.05, 3.63) is 90.8 Å². The molecule has 0 bridgehead atoms. The third-order valence-electron chi connectivity index (χ3n) is 4.42. The molecule has 0 spiro atoms. The topological polar surface area (TPSA) is 71.3 Å². The summed E-state index contributed by atoms with van der Waals surface area (Å²) in [4.78, 5) is 12.6. The van der Waals surface area contributed by atoms with Gasteiger partial charge < -0.3 is 14.8 Å². The summed E-state index contributed by atoms with van der Waals surface area (Å²) in [6.45, 7) is 2.86. The molecule has 3 aromatic rings. The molecule has 5 nitrogen and oxygen atoms in total. The highest BCUT2D eigenvalue weighted by molar-refractivity contribution is 9.11. The number of nitrogens with zero attached hydrogens (tertiary/aromatic N) is 1. The van der Waals surface area contributed by atoms with E-state index in [1.54, 1.807) is 36.4 Å². The van der Waals surface area contributed by atoms with Crippen LogP contribution in [-0.2, 0) is 11.4 Å². The lowest BCUT2D eigenvalue weighted by molar-refractivity contribution is -0.112. The summed E-state index contributed by atoms with van der Waals surface area (Å²) in [7, 11) is 0. The zero-order valence-corrected chi connectivity index (χ0v) is 22.3. The van der Waals surface area contributed by atoms with E-state index < -0.39 is 5.91 Å². The Morgan fingerprint density at radius 2 is 1.64 bits per heavy atom. The van der Waals surface area contributed by atoms with Crippen LogP contribution in [0.3, 0.4) is 0 Å². The summed E-state index contributed by atoms with van der Waals surface area (Å²) in [6.07, 6.45) is 1.53. The van der Waals surface area contributed by atoms with Gasteiger partial charge in [-0.15, -0.1) is 0 Å². The van der Waals surface area contributed by atoms with Gasteiger partial charge >= 0.3 is 0 Å². The Balaban J connectivity index is 1.72. The smallest absolute Gasteiger partial charge is 0.266 e.